The van der Waals surface area contributed by atoms with Gasteiger partial charge in [0.1, 0.15) is 0 Å². The normalized spacial score (nSPS) is 16.7. The second-order valence-corrected chi connectivity index (χ2v) is 7.29. The first-order valence-corrected chi connectivity index (χ1v) is 9.45. The molecule has 0 saturated carbocycles. The minimum Gasteiger partial charge on any atom is -0.360 e. The van der Waals surface area contributed by atoms with Crippen molar-refractivity contribution in [3.63, 3.8) is 0 Å². The van der Waals surface area contributed by atoms with E-state index < -0.39 is 11.7 Å². The molecule has 1 saturated heterocycles. The van der Waals surface area contributed by atoms with Gasteiger partial charge in [0.15, 0.2) is 6.04 Å². The number of hydrogen-bond acceptors (Lipinski definition) is 2. The first-order valence-electron chi connectivity index (χ1n) is 9.08. The number of rotatable bonds is 4. The third-order valence-corrected chi connectivity index (χ3v) is 5.41. The summed E-state index contributed by atoms with van der Waals surface area (Å²) < 4.78 is 38.8. The number of benzene rings is 2. The lowest BCUT2D eigenvalue weighted by molar-refractivity contribution is -0.914. The molecular formula is C20H22ClF3N3O+. The maximum absolute atomic E-state index is 12.9. The van der Waals surface area contributed by atoms with Gasteiger partial charge < -0.3 is 15.1 Å². The van der Waals surface area contributed by atoms with E-state index in [0.29, 0.717) is 42.6 Å². The maximum Gasteiger partial charge on any atom is 0.416 e. The van der Waals surface area contributed by atoms with Gasteiger partial charge in [0.2, 0.25) is 0 Å². The van der Waals surface area contributed by atoms with Crippen molar-refractivity contribution in [3.8, 4) is 0 Å². The van der Waals surface area contributed by atoms with Crippen LogP contribution in [0.5, 0.6) is 0 Å². The van der Waals surface area contributed by atoms with Gasteiger partial charge in [-0.3, -0.25) is 4.79 Å². The van der Waals surface area contributed by atoms with E-state index in [1.807, 2.05) is 11.8 Å². The molecule has 150 valence electrons. The van der Waals surface area contributed by atoms with E-state index in [1.54, 1.807) is 30.3 Å². The Morgan fingerprint density at radius 3 is 2.46 bits per heavy atom. The van der Waals surface area contributed by atoms with Gasteiger partial charge in [0.25, 0.3) is 5.91 Å². The molecule has 3 rings (SSSR count). The minimum absolute atomic E-state index is 0.129. The van der Waals surface area contributed by atoms with Crippen molar-refractivity contribution >= 4 is 28.9 Å². The largest absolute Gasteiger partial charge is 0.416 e. The van der Waals surface area contributed by atoms with Crippen molar-refractivity contribution in [3.05, 3.63) is 59.1 Å². The van der Waals surface area contributed by atoms with E-state index in [2.05, 4.69) is 5.32 Å². The highest BCUT2D eigenvalue weighted by Gasteiger charge is 2.32. The predicted octanol–water partition coefficient (Wildman–Crippen LogP) is 3.09. The third-order valence-electron chi connectivity index (χ3n) is 5.08. The fourth-order valence-corrected chi connectivity index (χ4v) is 3.54. The zero-order valence-corrected chi connectivity index (χ0v) is 16.1. The Morgan fingerprint density at radius 1 is 1.14 bits per heavy atom. The molecule has 1 aliphatic heterocycles. The van der Waals surface area contributed by atoms with Crippen LogP contribution in [-0.2, 0) is 11.0 Å². The Bertz CT molecular complexity index is 835. The number of quaternary nitrogens is 1. The number of nitrogens with zero attached hydrogens (tertiary/aromatic N) is 1. The summed E-state index contributed by atoms with van der Waals surface area (Å²) in [7, 11) is 0. The standard InChI is InChI=1S/C20H21ClF3N3O/c1-14(19(28)25-18-8-3-2-7-17(18)21)26-9-11-27(12-10-26)16-6-4-5-15(13-16)20(22,23)24/h2-8,13-14H,9-12H2,1H3,(H,25,28)/p+1/t14-/m1/s1. The number of carbonyl (C=O) groups is 1. The monoisotopic (exact) mass is 412 g/mol. The highest BCUT2D eigenvalue weighted by atomic mass is 35.5. The predicted molar refractivity (Wildman–Crippen MR) is 104 cm³/mol. The number of para-hydroxylation sites is 1. The van der Waals surface area contributed by atoms with Crippen molar-refractivity contribution in [2.24, 2.45) is 0 Å². The van der Waals surface area contributed by atoms with Gasteiger partial charge in [-0.15, -0.1) is 0 Å². The van der Waals surface area contributed by atoms with Gasteiger partial charge in [0.05, 0.1) is 42.5 Å². The molecule has 0 radical (unpaired) electrons. The number of hydrogen-bond donors (Lipinski definition) is 2. The average molecular weight is 413 g/mol. The summed E-state index contributed by atoms with van der Waals surface area (Å²) in [5.74, 6) is -0.129. The molecule has 1 heterocycles. The van der Waals surface area contributed by atoms with Crippen molar-refractivity contribution in [2.75, 3.05) is 36.4 Å². The molecule has 8 heteroatoms. The zero-order valence-electron chi connectivity index (χ0n) is 15.4. The summed E-state index contributed by atoms with van der Waals surface area (Å²) in [6, 6.07) is 12.1. The number of halogens is 4. The fourth-order valence-electron chi connectivity index (χ4n) is 3.35. The van der Waals surface area contributed by atoms with Crippen LogP contribution in [0.4, 0.5) is 24.5 Å². The van der Waals surface area contributed by atoms with Gasteiger partial charge in [-0.05, 0) is 37.3 Å². The molecule has 2 aromatic carbocycles. The molecule has 2 aromatic rings. The number of amides is 1. The van der Waals surface area contributed by atoms with Crippen LogP contribution in [0, 0.1) is 0 Å². The van der Waals surface area contributed by atoms with Crippen LogP contribution in [0.2, 0.25) is 5.02 Å². The van der Waals surface area contributed by atoms with Crippen molar-refractivity contribution < 1.29 is 22.9 Å². The number of nitrogens with one attached hydrogen (secondary N) is 2. The Kier molecular flexibility index (Phi) is 6.15. The maximum atomic E-state index is 12.9. The number of alkyl halides is 3. The van der Waals surface area contributed by atoms with E-state index in [9.17, 15) is 18.0 Å². The van der Waals surface area contributed by atoms with Crippen LogP contribution < -0.4 is 15.1 Å². The molecule has 0 unspecified atom stereocenters. The lowest BCUT2D eigenvalue weighted by atomic mass is 10.1. The summed E-state index contributed by atoms with van der Waals surface area (Å²) in [6.07, 6.45) is -4.35. The topological polar surface area (TPSA) is 36.8 Å². The third kappa shape index (κ3) is 4.77. The molecular weight excluding hydrogens is 391 g/mol. The highest BCUT2D eigenvalue weighted by Crippen LogP contribution is 2.31. The first-order chi connectivity index (χ1) is 13.3. The van der Waals surface area contributed by atoms with Crippen LogP contribution in [0.15, 0.2) is 48.5 Å². The Hall–Kier alpha value is -2.25. The molecule has 4 nitrogen and oxygen atoms in total. The smallest absolute Gasteiger partial charge is 0.360 e. The lowest BCUT2D eigenvalue weighted by Gasteiger charge is -2.36. The van der Waals surface area contributed by atoms with E-state index in [0.717, 1.165) is 11.0 Å². The van der Waals surface area contributed by atoms with Gasteiger partial charge >= 0.3 is 6.18 Å². The summed E-state index contributed by atoms with van der Waals surface area (Å²) in [5.41, 5.74) is 0.484. The Balaban J connectivity index is 1.59. The molecule has 0 aromatic heterocycles. The summed E-state index contributed by atoms with van der Waals surface area (Å²) in [6.45, 7) is 4.34. The Morgan fingerprint density at radius 2 is 1.82 bits per heavy atom. The summed E-state index contributed by atoms with van der Waals surface area (Å²) in [4.78, 5) is 15.6. The molecule has 1 atom stereocenters. The van der Waals surface area contributed by atoms with Crippen LogP contribution >= 0.6 is 11.6 Å². The second kappa shape index (κ2) is 8.41. The molecule has 1 amide bonds. The second-order valence-electron chi connectivity index (χ2n) is 6.88. The molecule has 28 heavy (non-hydrogen) atoms. The molecule has 1 fully saturated rings. The minimum atomic E-state index is -4.35. The van der Waals surface area contributed by atoms with Gasteiger partial charge in [-0.2, -0.15) is 13.2 Å². The van der Waals surface area contributed by atoms with Gasteiger partial charge in [0, 0.05) is 5.69 Å². The molecule has 0 aliphatic carbocycles. The highest BCUT2D eigenvalue weighted by molar-refractivity contribution is 6.33. The average Bonchev–Trinajstić information content (AvgIpc) is 2.69. The SMILES string of the molecule is C[C@H](C(=O)Nc1ccccc1Cl)[NH+]1CCN(c2cccc(C(F)(F)F)c2)CC1. The van der Waals surface area contributed by atoms with E-state index in [1.165, 1.54) is 12.1 Å². The van der Waals surface area contributed by atoms with Gasteiger partial charge in [-0.1, -0.05) is 29.8 Å². The van der Waals surface area contributed by atoms with Crippen LogP contribution in [-0.4, -0.2) is 38.1 Å². The number of anilines is 2. The number of piperazine rings is 1. The van der Waals surface area contributed by atoms with Crippen LogP contribution in [0.3, 0.4) is 0 Å². The summed E-state index contributed by atoms with van der Waals surface area (Å²) >= 11 is 6.08. The Labute approximate surface area is 166 Å². The van der Waals surface area contributed by atoms with Crippen molar-refractivity contribution in [2.45, 2.75) is 19.1 Å². The molecule has 0 bridgehead atoms. The summed E-state index contributed by atoms with van der Waals surface area (Å²) in [5, 5.41) is 3.32. The molecule has 1 aliphatic rings. The molecule has 0 spiro atoms. The van der Waals surface area contributed by atoms with E-state index >= 15 is 0 Å². The van der Waals surface area contributed by atoms with E-state index in [4.69, 9.17) is 11.6 Å². The van der Waals surface area contributed by atoms with Crippen LogP contribution in [0.25, 0.3) is 0 Å². The van der Waals surface area contributed by atoms with Crippen LogP contribution in [0.1, 0.15) is 12.5 Å². The fraction of sp³-hybridized carbons (Fsp3) is 0.350. The zero-order chi connectivity index (χ0) is 20.3. The number of carbonyl (C=O) groups excluding carboxylic acids is 1. The first kappa shape index (κ1) is 20.5. The molecule has 2 N–H and O–H groups in total. The van der Waals surface area contributed by atoms with Crippen molar-refractivity contribution in [1.29, 1.82) is 0 Å². The lowest BCUT2D eigenvalue weighted by Crippen LogP contribution is -3.19. The van der Waals surface area contributed by atoms with Crippen molar-refractivity contribution in [1.82, 2.24) is 0 Å². The van der Waals surface area contributed by atoms with Gasteiger partial charge in [-0.25, -0.2) is 0 Å². The van der Waals surface area contributed by atoms with E-state index in [-0.39, 0.29) is 11.9 Å². The quantitative estimate of drug-likeness (QED) is 0.809.